The highest BCUT2D eigenvalue weighted by Crippen LogP contribution is 2.34. The number of esters is 1. The van der Waals surface area contributed by atoms with Crippen molar-refractivity contribution in [3.8, 4) is 6.07 Å². The van der Waals surface area contributed by atoms with Gasteiger partial charge < -0.3 is 20.7 Å². The molecule has 8 heteroatoms. The molecular formula is C15H14N2O6. The number of carbonyl (C=O) groups is 3. The average molecular weight is 318 g/mol. The number of hydrogen-bond donors (Lipinski definition) is 3. The lowest BCUT2D eigenvalue weighted by Crippen LogP contribution is -2.57. The van der Waals surface area contributed by atoms with Crippen LogP contribution in [0.5, 0.6) is 0 Å². The third kappa shape index (κ3) is 3.21. The number of aliphatic hydroxyl groups is 1. The molecule has 1 aliphatic rings. The number of nitrogens with zero attached hydrogens (tertiary/aromatic N) is 1. The molecular weight excluding hydrogens is 304 g/mol. The minimum absolute atomic E-state index is 0.159. The van der Waals surface area contributed by atoms with Crippen molar-refractivity contribution in [2.45, 2.75) is 30.6 Å². The molecule has 0 amide bonds. The molecule has 3 atom stereocenters. The van der Waals surface area contributed by atoms with E-state index in [4.69, 9.17) is 20.8 Å². The molecule has 0 aliphatic heterocycles. The third-order valence-electron chi connectivity index (χ3n) is 3.76. The second-order valence-corrected chi connectivity index (χ2v) is 5.31. The van der Waals surface area contributed by atoms with Crippen LogP contribution >= 0.6 is 0 Å². The standard InChI is InChI=1S/C15H14N2O6/c16-7-8-1-3-9(4-2-8)15(17)6-10(5-11(18)12(15)19)23-14(22)13(20)21/h1-4,10-11,18H,5-6,17H2,(H,20,21). The Labute approximate surface area is 131 Å². The average Bonchev–Trinajstić information content (AvgIpc) is 2.52. The summed E-state index contributed by atoms with van der Waals surface area (Å²) in [5, 5.41) is 27.2. The predicted octanol–water partition coefficient (Wildman–Crippen LogP) is -0.568. The van der Waals surface area contributed by atoms with E-state index in [0.717, 1.165) is 0 Å². The van der Waals surface area contributed by atoms with Crippen LogP contribution in [0.15, 0.2) is 24.3 Å². The van der Waals surface area contributed by atoms with Crippen LogP contribution in [0.1, 0.15) is 24.0 Å². The van der Waals surface area contributed by atoms with Crippen LogP contribution in [0.4, 0.5) is 0 Å². The van der Waals surface area contributed by atoms with Crippen molar-refractivity contribution in [1.29, 1.82) is 5.26 Å². The fraction of sp³-hybridized carbons (Fsp3) is 0.333. The summed E-state index contributed by atoms with van der Waals surface area (Å²) in [6.45, 7) is 0. The molecule has 4 N–H and O–H groups in total. The lowest BCUT2D eigenvalue weighted by molar-refractivity contribution is -0.171. The summed E-state index contributed by atoms with van der Waals surface area (Å²) in [7, 11) is 0. The van der Waals surface area contributed by atoms with Gasteiger partial charge in [0, 0.05) is 12.8 Å². The van der Waals surface area contributed by atoms with E-state index < -0.39 is 35.5 Å². The molecule has 0 aromatic heterocycles. The van der Waals surface area contributed by atoms with E-state index in [1.54, 1.807) is 0 Å². The fourth-order valence-electron chi connectivity index (χ4n) is 2.59. The Hall–Kier alpha value is -2.76. The Bertz CT molecular complexity index is 693. The Morgan fingerprint density at radius 2 is 1.96 bits per heavy atom. The van der Waals surface area contributed by atoms with Crippen LogP contribution in [0.3, 0.4) is 0 Å². The lowest BCUT2D eigenvalue weighted by atomic mass is 9.73. The minimum Gasteiger partial charge on any atom is -0.473 e. The molecule has 0 bridgehead atoms. The molecule has 0 saturated heterocycles. The maximum absolute atomic E-state index is 12.3. The van der Waals surface area contributed by atoms with Gasteiger partial charge in [0.1, 0.15) is 17.7 Å². The second-order valence-electron chi connectivity index (χ2n) is 5.31. The van der Waals surface area contributed by atoms with Crippen molar-refractivity contribution < 1.29 is 29.3 Å². The summed E-state index contributed by atoms with van der Waals surface area (Å²) >= 11 is 0. The number of benzene rings is 1. The number of nitrogens with two attached hydrogens (primary N) is 1. The number of aliphatic hydroxyl groups excluding tert-OH is 1. The first-order chi connectivity index (χ1) is 10.8. The van der Waals surface area contributed by atoms with E-state index in [1.807, 2.05) is 6.07 Å². The van der Waals surface area contributed by atoms with Crippen molar-refractivity contribution in [1.82, 2.24) is 0 Å². The smallest absolute Gasteiger partial charge is 0.417 e. The number of hydrogen-bond acceptors (Lipinski definition) is 7. The lowest BCUT2D eigenvalue weighted by Gasteiger charge is -2.38. The first-order valence-electron chi connectivity index (χ1n) is 6.73. The zero-order valence-electron chi connectivity index (χ0n) is 11.9. The van der Waals surface area contributed by atoms with Crippen LogP contribution in [0.2, 0.25) is 0 Å². The summed E-state index contributed by atoms with van der Waals surface area (Å²) in [5.74, 6) is -3.89. The maximum Gasteiger partial charge on any atom is 0.417 e. The Morgan fingerprint density at radius 1 is 1.35 bits per heavy atom. The SMILES string of the molecule is N#Cc1ccc(C2(N)CC(OC(=O)C(=O)O)CC(O)C2=O)cc1. The molecule has 8 nitrogen and oxygen atoms in total. The fourth-order valence-corrected chi connectivity index (χ4v) is 2.59. The van der Waals surface area contributed by atoms with Gasteiger partial charge in [-0.1, -0.05) is 12.1 Å². The number of carboxylic acids is 1. The normalized spacial score (nSPS) is 27.1. The van der Waals surface area contributed by atoms with E-state index >= 15 is 0 Å². The molecule has 1 saturated carbocycles. The first-order valence-corrected chi connectivity index (χ1v) is 6.73. The molecule has 0 radical (unpaired) electrons. The number of Topliss-reactive ketones (excluding diaryl/α,β-unsaturated/α-hetero) is 1. The molecule has 23 heavy (non-hydrogen) atoms. The largest absolute Gasteiger partial charge is 0.473 e. The molecule has 0 heterocycles. The van der Waals surface area contributed by atoms with Crippen LogP contribution in [0, 0.1) is 11.3 Å². The Morgan fingerprint density at radius 3 is 2.48 bits per heavy atom. The topological polar surface area (TPSA) is 151 Å². The van der Waals surface area contributed by atoms with Crippen molar-refractivity contribution in [3.05, 3.63) is 35.4 Å². The van der Waals surface area contributed by atoms with Gasteiger partial charge in [0.05, 0.1) is 11.6 Å². The highest BCUT2D eigenvalue weighted by atomic mass is 16.6. The minimum atomic E-state index is -1.77. The second kappa shape index (κ2) is 6.16. The molecule has 2 rings (SSSR count). The monoisotopic (exact) mass is 318 g/mol. The van der Waals surface area contributed by atoms with Gasteiger partial charge in [0.25, 0.3) is 0 Å². The molecule has 1 fully saturated rings. The molecule has 1 aliphatic carbocycles. The molecule has 120 valence electrons. The number of ketones is 1. The third-order valence-corrected chi connectivity index (χ3v) is 3.76. The summed E-state index contributed by atoms with van der Waals surface area (Å²) in [6.07, 6.45) is -2.86. The van der Waals surface area contributed by atoms with Gasteiger partial charge in [-0.15, -0.1) is 0 Å². The van der Waals surface area contributed by atoms with E-state index in [0.29, 0.717) is 11.1 Å². The van der Waals surface area contributed by atoms with Crippen molar-refractivity contribution in [2.24, 2.45) is 5.73 Å². The highest BCUT2D eigenvalue weighted by Gasteiger charge is 2.47. The van der Waals surface area contributed by atoms with E-state index in [1.165, 1.54) is 24.3 Å². The van der Waals surface area contributed by atoms with Gasteiger partial charge in [-0.2, -0.15) is 5.26 Å². The number of rotatable bonds is 2. The zero-order valence-corrected chi connectivity index (χ0v) is 11.9. The summed E-state index contributed by atoms with van der Waals surface area (Å²) in [4.78, 5) is 34.0. The zero-order chi connectivity index (χ0) is 17.2. The van der Waals surface area contributed by atoms with Crippen LogP contribution in [-0.2, 0) is 24.7 Å². The highest BCUT2D eigenvalue weighted by molar-refractivity contribution is 6.28. The van der Waals surface area contributed by atoms with Crippen LogP contribution in [0.25, 0.3) is 0 Å². The van der Waals surface area contributed by atoms with Gasteiger partial charge in [0.2, 0.25) is 0 Å². The Kier molecular flexibility index (Phi) is 4.45. The number of carboxylic acid groups (broad SMARTS) is 1. The molecule has 3 unspecified atom stereocenters. The van der Waals surface area contributed by atoms with Gasteiger partial charge in [0.15, 0.2) is 5.78 Å². The summed E-state index contributed by atoms with van der Waals surface area (Å²) < 4.78 is 4.75. The van der Waals surface area contributed by atoms with Gasteiger partial charge in [-0.25, -0.2) is 9.59 Å². The van der Waals surface area contributed by atoms with E-state index in [2.05, 4.69) is 0 Å². The van der Waals surface area contributed by atoms with Gasteiger partial charge in [-0.3, -0.25) is 4.79 Å². The van der Waals surface area contributed by atoms with Gasteiger partial charge >= 0.3 is 11.9 Å². The quantitative estimate of drug-likeness (QED) is 0.484. The Balaban J connectivity index is 2.30. The predicted molar refractivity (Wildman–Crippen MR) is 74.8 cm³/mol. The number of nitriles is 1. The summed E-state index contributed by atoms with van der Waals surface area (Å²) in [6, 6.07) is 7.82. The number of carbonyl (C=O) groups excluding carboxylic acids is 2. The van der Waals surface area contributed by atoms with Gasteiger partial charge in [-0.05, 0) is 17.7 Å². The summed E-state index contributed by atoms with van der Waals surface area (Å²) in [5.41, 5.74) is 5.20. The number of ether oxygens (including phenoxy) is 1. The van der Waals surface area contributed by atoms with E-state index in [-0.39, 0.29) is 12.8 Å². The van der Waals surface area contributed by atoms with Crippen molar-refractivity contribution in [3.63, 3.8) is 0 Å². The van der Waals surface area contributed by atoms with E-state index in [9.17, 15) is 19.5 Å². The molecule has 0 spiro atoms. The number of aliphatic carboxylic acids is 1. The molecule has 1 aromatic rings. The van der Waals surface area contributed by atoms with Crippen molar-refractivity contribution in [2.75, 3.05) is 0 Å². The van der Waals surface area contributed by atoms with Crippen molar-refractivity contribution >= 4 is 17.7 Å². The first kappa shape index (κ1) is 16.6. The maximum atomic E-state index is 12.3. The molecule has 1 aromatic carbocycles. The van der Waals surface area contributed by atoms with Crippen LogP contribution in [-0.4, -0.2) is 40.1 Å². The van der Waals surface area contributed by atoms with Crippen LogP contribution < -0.4 is 5.73 Å².